The third-order valence-electron chi connectivity index (χ3n) is 4.93. The zero-order valence-electron chi connectivity index (χ0n) is 18.1. The van der Waals surface area contributed by atoms with Crippen LogP contribution in [0.4, 0.5) is 5.69 Å². The minimum Gasteiger partial charge on any atom is -0.497 e. The van der Waals surface area contributed by atoms with Gasteiger partial charge in [-0.15, -0.1) is 10.2 Å². The molecule has 1 N–H and O–H groups in total. The summed E-state index contributed by atoms with van der Waals surface area (Å²) in [4.78, 5) is 12.4. The Labute approximate surface area is 194 Å². The number of carbonyl (C=O) groups is 1. The normalized spacial score (nSPS) is 11.8. The van der Waals surface area contributed by atoms with Gasteiger partial charge in [0.15, 0.2) is 17.1 Å². The first-order chi connectivity index (χ1) is 14.8. The molecular weight excluding hydrogens is 480 g/mol. The molecule has 0 bridgehead atoms. The van der Waals surface area contributed by atoms with Gasteiger partial charge < -0.3 is 19.4 Å². The lowest BCUT2D eigenvalue weighted by Gasteiger charge is -2.14. The molecule has 1 amide bonds. The van der Waals surface area contributed by atoms with Gasteiger partial charge in [0.25, 0.3) is 0 Å². The van der Waals surface area contributed by atoms with E-state index in [9.17, 15) is 4.79 Å². The van der Waals surface area contributed by atoms with Crippen molar-refractivity contribution in [2.24, 2.45) is 7.05 Å². The Morgan fingerprint density at radius 2 is 1.81 bits per heavy atom. The van der Waals surface area contributed by atoms with E-state index in [1.807, 2.05) is 68.8 Å². The van der Waals surface area contributed by atoms with E-state index in [2.05, 4.69) is 31.4 Å². The van der Waals surface area contributed by atoms with Gasteiger partial charge in [0, 0.05) is 17.2 Å². The summed E-state index contributed by atoms with van der Waals surface area (Å²) in [6, 6.07) is 11.2. The number of benzene rings is 2. The number of anilines is 1. The summed E-state index contributed by atoms with van der Waals surface area (Å²) in [5.74, 6) is 2.29. The van der Waals surface area contributed by atoms with Crippen molar-refractivity contribution in [3.05, 3.63) is 57.8 Å². The first kappa shape index (κ1) is 23.1. The Kier molecular flexibility index (Phi) is 7.61. The van der Waals surface area contributed by atoms with Gasteiger partial charge >= 0.3 is 0 Å². The number of aromatic nitrogens is 3. The van der Waals surface area contributed by atoms with Gasteiger partial charge in [0.05, 0.1) is 12.9 Å². The Morgan fingerprint density at radius 1 is 1.13 bits per heavy atom. The molecule has 31 heavy (non-hydrogen) atoms. The van der Waals surface area contributed by atoms with Crippen molar-refractivity contribution in [3.63, 3.8) is 0 Å². The molecule has 3 aromatic rings. The van der Waals surface area contributed by atoms with Crippen LogP contribution in [0.5, 0.6) is 11.5 Å². The van der Waals surface area contributed by atoms with Gasteiger partial charge in [-0.3, -0.25) is 4.79 Å². The van der Waals surface area contributed by atoms with Gasteiger partial charge in [-0.25, -0.2) is 0 Å². The summed E-state index contributed by atoms with van der Waals surface area (Å²) in [6.07, 6.45) is -0.303. The summed E-state index contributed by atoms with van der Waals surface area (Å²) < 4.78 is 14.0. The van der Waals surface area contributed by atoms with Crippen molar-refractivity contribution >= 4 is 39.3 Å². The standard InChI is InChI=1S/C22H25BrN4O3S/c1-13-14(2)19(11-10-18(13)23)24-20(28)12-31-22-26-25-21(27(22)4)15(3)30-17-8-6-16(29-5)7-9-17/h6-11,15H,12H2,1-5H3,(H,24,28). The molecule has 1 atom stereocenters. The lowest BCUT2D eigenvalue weighted by atomic mass is 10.1. The van der Waals surface area contributed by atoms with E-state index in [4.69, 9.17) is 9.47 Å². The van der Waals surface area contributed by atoms with Crippen molar-refractivity contribution < 1.29 is 14.3 Å². The molecule has 9 heteroatoms. The number of nitrogens with one attached hydrogen (secondary N) is 1. The number of nitrogens with zero attached hydrogens (tertiary/aromatic N) is 3. The minimum absolute atomic E-state index is 0.0955. The fraction of sp³-hybridized carbons (Fsp3) is 0.318. The molecule has 0 saturated heterocycles. The predicted octanol–water partition coefficient (Wildman–Crippen LogP) is 5.07. The quantitative estimate of drug-likeness (QED) is 0.431. The zero-order valence-corrected chi connectivity index (χ0v) is 20.5. The van der Waals surface area contributed by atoms with Crippen LogP contribution >= 0.6 is 27.7 Å². The number of amides is 1. The second-order valence-electron chi connectivity index (χ2n) is 7.02. The molecule has 2 aromatic carbocycles. The van der Waals surface area contributed by atoms with Crippen LogP contribution in [-0.4, -0.2) is 33.5 Å². The molecule has 3 rings (SSSR count). The van der Waals surface area contributed by atoms with Gasteiger partial charge in [0.2, 0.25) is 5.91 Å². The molecule has 1 unspecified atom stereocenters. The maximum absolute atomic E-state index is 12.4. The first-order valence-electron chi connectivity index (χ1n) is 9.68. The SMILES string of the molecule is COc1ccc(OC(C)c2nnc(SCC(=O)Nc3ccc(Br)c(C)c3C)n2C)cc1. The van der Waals surface area contributed by atoms with Gasteiger partial charge in [0.1, 0.15) is 11.5 Å². The average molecular weight is 505 g/mol. The van der Waals surface area contributed by atoms with Gasteiger partial charge in [-0.1, -0.05) is 27.7 Å². The molecule has 0 fully saturated rings. The molecule has 1 aromatic heterocycles. The number of methoxy groups -OCH3 is 1. The van der Waals surface area contributed by atoms with Crippen LogP contribution in [0.2, 0.25) is 0 Å². The molecule has 0 spiro atoms. The third-order valence-corrected chi connectivity index (χ3v) is 6.81. The number of hydrogen-bond donors (Lipinski definition) is 1. The lowest BCUT2D eigenvalue weighted by molar-refractivity contribution is -0.113. The second kappa shape index (κ2) is 10.2. The molecule has 7 nitrogen and oxygen atoms in total. The Balaban J connectivity index is 1.59. The van der Waals surface area contributed by atoms with Gasteiger partial charge in [-0.2, -0.15) is 0 Å². The van der Waals surface area contributed by atoms with E-state index < -0.39 is 0 Å². The highest BCUT2D eigenvalue weighted by Crippen LogP contribution is 2.27. The minimum atomic E-state index is -0.303. The molecular formula is C22H25BrN4O3S. The van der Waals surface area contributed by atoms with Gasteiger partial charge in [-0.05, 0) is 68.3 Å². The van der Waals surface area contributed by atoms with E-state index in [-0.39, 0.29) is 17.8 Å². The van der Waals surface area contributed by atoms with E-state index in [1.54, 1.807) is 7.11 Å². The molecule has 0 radical (unpaired) electrons. The Bertz CT molecular complexity index is 1070. The Hall–Kier alpha value is -2.52. The number of halogens is 1. The van der Waals surface area contributed by atoms with Crippen molar-refractivity contribution in [2.45, 2.75) is 32.0 Å². The molecule has 0 aliphatic carbocycles. The van der Waals surface area contributed by atoms with Crippen molar-refractivity contribution in [1.29, 1.82) is 0 Å². The predicted molar refractivity (Wildman–Crippen MR) is 126 cm³/mol. The van der Waals surface area contributed by atoms with Crippen LogP contribution in [0.1, 0.15) is 30.0 Å². The van der Waals surface area contributed by atoms with Crippen LogP contribution < -0.4 is 14.8 Å². The fourth-order valence-corrected chi connectivity index (χ4v) is 4.10. The summed E-state index contributed by atoms with van der Waals surface area (Å²) in [7, 11) is 3.49. The number of hydrogen-bond acceptors (Lipinski definition) is 6. The second-order valence-corrected chi connectivity index (χ2v) is 8.81. The summed E-state index contributed by atoms with van der Waals surface area (Å²) in [5.41, 5.74) is 2.96. The van der Waals surface area contributed by atoms with Crippen molar-refractivity contribution in [3.8, 4) is 11.5 Å². The van der Waals surface area contributed by atoms with E-state index in [0.717, 1.165) is 27.0 Å². The number of thioether (sulfide) groups is 1. The summed E-state index contributed by atoms with van der Waals surface area (Å²) in [5, 5.41) is 12.1. The number of carbonyl (C=O) groups excluding carboxylic acids is 1. The summed E-state index contributed by atoms with van der Waals surface area (Å²) in [6.45, 7) is 5.91. The summed E-state index contributed by atoms with van der Waals surface area (Å²) >= 11 is 4.84. The fourth-order valence-electron chi connectivity index (χ4n) is 2.96. The average Bonchev–Trinajstić information content (AvgIpc) is 3.13. The van der Waals surface area contributed by atoms with Crippen molar-refractivity contribution in [2.75, 3.05) is 18.2 Å². The highest BCUT2D eigenvalue weighted by Gasteiger charge is 2.18. The monoisotopic (exact) mass is 504 g/mol. The highest BCUT2D eigenvalue weighted by atomic mass is 79.9. The van der Waals surface area contributed by atoms with Crippen LogP contribution in [-0.2, 0) is 11.8 Å². The molecule has 0 aliphatic rings. The van der Waals surface area contributed by atoms with Crippen LogP contribution in [0, 0.1) is 13.8 Å². The van der Waals surface area contributed by atoms with Crippen LogP contribution in [0.15, 0.2) is 46.0 Å². The van der Waals surface area contributed by atoms with Crippen molar-refractivity contribution in [1.82, 2.24) is 14.8 Å². The largest absolute Gasteiger partial charge is 0.497 e. The van der Waals surface area contributed by atoms with Crippen LogP contribution in [0.25, 0.3) is 0 Å². The van der Waals surface area contributed by atoms with E-state index in [1.165, 1.54) is 11.8 Å². The number of rotatable bonds is 8. The molecule has 0 saturated carbocycles. The zero-order chi connectivity index (χ0) is 22.5. The maximum atomic E-state index is 12.4. The third kappa shape index (κ3) is 5.59. The molecule has 0 aliphatic heterocycles. The molecule has 164 valence electrons. The first-order valence-corrected chi connectivity index (χ1v) is 11.5. The highest BCUT2D eigenvalue weighted by molar-refractivity contribution is 9.10. The number of ether oxygens (including phenoxy) is 2. The van der Waals surface area contributed by atoms with E-state index in [0.29, 0.717) is 16.7 Å². The smallest absolute Gasteiger partial charge is 0.234 e. The molecule has 1 heterocycles. The van der Waals surface area contributed by atoms with Crippen LogP contribution in [0.3, 0.4) is 0 Å². The Morgan fingerprint density at radius 3 is 2.48 bits per heavy atom. The topological polar surface area (TPSA) is 78.3 Å². The maximum Gasteiger partial charge on any atom is 0.234 e. The lowest BCUT2D eigenvalue weighted by Crippen LogP contribution is -2.16. The van der Waals surface area contributed by atoms with E-state index >= 15 is 0 Å².